The minimum absolute atomic E-state index is 0. The van der Waals surface area contributed by atoms with Crippen molar-refractivity contribution in [3.63, 3.8) is 0 Å². The highest BCUT2D eigenvalue weighted by Gasteiger charge is 2.02. The van der Waals surface area contributed by atoms with Crippen LogP contribution in [0, 0.1) is 5.92 Å². The van der Waals surface area contributed by atoms with Crippen LogP contribution in [0.2, 0.25) is 0 Å². The van der Waals surface area contributed by atoms with E-state index in [0.717, 1.165) is 38.7 Å². The number of benzene rings is 1. The van der Waals surface area contributed by atoms with Crippen molar-refractivity contribution in [2.45, 2.75) is 47.7 Å². The van der Waals surface area contributed by atoms with E-state index in [2.05, 4.69) is 79.4 Å². The van der Waals surface area contributed by atoms with Gasteiger partial charge in [-0.05, 0) is 37.1 Å². The molecule has 0 unspecified atom stereocenters. The molecule has 0 bridgehead atoms. The van der Waals surface area contributed by atoms with Gasteiger partial charge in [-0.2, -0.15) is 0 Å². The Balaban J connectivity index is 0.00000529. The molecule has 0 aromatic heterocycles. The average Bonchev–Trinajstić information content (AvgIpc) is 2.56. The van der Waals surface area contributed by atoms with E-state index in [0.29, 0.717) is 12.5 Å². The molecular formula is C19H35IN4. The molecule has 0 aliphatic carbocycles. The van der Waals surface area contributed by atoms with Crippen LogP contribution in [0.25, 0.3) is 0 Å². The molecule has 0 heterocycles. The lowest BCUT2D eigenvalue weighted by atomic mass is 10.1. The van der Waals surface area contributed by atoms with E-state index in [4.69, 9.17) is 0 Å². The van der Waals surface area contributed by atoms with Crippen molar-refractivity contribution >= 4 is 29.9 Å². The van der Waals surface area contributed by atoms with Crippen LogP contribution in [0.5, 0.6) is 0 Å². The van der Waals surface area contributed by atoms with Crippen LogP contribution in [0.4, 0.5) is 0 Å². The summed E-state index contributed by atoms with van der Waals surface area (Å²) in [5.41, 5.74) is 2.61. The van der Waals surface area contributed by atoms with Crippen LogP contribution in [0.1, 0.15) is 45.7 Å². The highest BCUT2D eigenvalue weighted by molar-refractivity contribution is 14.0. The van der Waals surface area contributed by atoms with E-state index in [1.54, 1.807) is 0 Å². The number of hydrogen-bond donors (Lipinski definition) is 2. The lowest BCUT2D eigenvalue weighted by Crippen LogP contribution is -2.39. The molecule has 0 aliphatic heterocycles. The van der Waals surface area contributed by atoms with Crippen molar-refractivity contribution in [2.24, 2.45) is 10.9 Å². The van der Waals surface area contributed by atoms with Gasteiger partial charge in [-0.1, -0.05) is 52.0 Å². The van der Waals surface area contributed by atoms with Crippen molar-refractivity contribution in [1.82, 2.24) is 15.5 Å². The maximum atomic E-state index is 4.66. The van der Waals surface area contributed by atoms with E-state index in [1.807, 2.05) is 0 Å². The highest BCUT2D eigenvalue weighted by Crippen LogP contribution is 2.08. The van der Waals surface area contributed by atoms with Gasteiger partial charge in [0, 0.05) is 19.6 Å². The number of nitrogens with zero attached hydrogens (tertiary/aromatic N) is 2. The summed E-state index contributed by atoms with van der Waals surface area (Å²) >= 11 is 0. The molecule has 24 heavy (non-hydrogen) atoms. The molecule has 4 nitrogen and oxygen atoms in total. The predicted octanol–water partition coefficient (Wildman–Crippen LogP) is 3.86. The Morgan fingerprint density at radius 2 is 1.58 bits per heavy atom. The third-order valence-corrected chi connectivity index (χ3v) is 3.77. The van der Waals surface area contributed by atoms with E-state index in [-0.39, 0.29) is 24.0 Å². The molecule has 138 valence electrons. The molecule has 0 saturated heterocycles. The van der Waals surface area contributed by atoms with Gasteiger partial charge in [0.05, 0.1) is 6.54 Å². The van der Waals surface area contributed by atoms with Crippen LogP contribution in [0.3, 0.4) is 0 Å². The summed E-state index contributed by atoms with van der Waals surface area (Å²) in [6, 6.07) is 8.82. The summed E-state index contributed by atoms with van der Waals surface area (Å²) in [5.74, 6) is 1.51. The summed E-state index contributed by atoms with van der Waals surface area (Å²) in [7, 11) is 0. The minimum atomic E-state index is 0. The number of guanidine groups is 1. The summed E-state index contributed by atoms with van der Waals surface area (Å²) in [6.45, 7) is 16.6. The fourth-order valence-corrected chi connectivity index (χ4v) is 2.27. The van der Waals surface area contributed by atoms with E-state index < -0.39 is 0 Å². The molecule has 0 aliphatic rings. The van der Waals surface area contributed by atoms with Gasteiger partial charge >= 0.3 is 0 Å². The molecule has 2 N–H and O–H groups in total. The summed E-state index contributed by atoms with van der Waals surface area (Å²) in [4.78, 5) is 7.09. The highest BCUT2D eigenvalue weighted by atomic mass is 127. The first-order valence-corrected chi connectivity index (χ1v) is 8.91. The van der Waals surface area contributed by atoms with E-state index >= 15 is 0 Å². The smallest absolute Gasteiger partial charge is 0.191 e. The second-order valence-electron chi connectivity index (χ2n) is 6.25. The summed E-state index contributed by atoms with van der Waals surface area (Å²) in [5, 5.41) is 6.67. The van der Waals surface area contributed by atoms with Crippen molar-refractivity contribution < 1.29 is 0 Å². The van der Waals surface area contributed by atoms with Crippen LogP contribution in [-0.2, 0) is 13.1 Å². The molecule has 0 spiro atoms. The zero-order valence-electron chi connectivity index (χ0n) is 15.9. The number of hydrogen-bond acceptors (Lipinski definition) is 2. The Kier molecular flexibility index (Phi) is 13.0. The Labute approximate surface area is 165 Å². The van der Waals surface area contributed by atoms with Crippen LogP contribution < -0.4 is 10.6 Å². The minimum Gasteiger partial charge on any atom is -0.357 e. The Morgan fingerprint density at radius 3 is 2.08 bits per heavy atom. The SMILES string of the molecule is CCNC(=NCc1ccc(CN(CC)CC)cc1)NCC(C)C.I. The summed E-state index contributed by atoms with van der Waals surface area (Å²) in [6.07, 6.45) is 0. The predicted molar refractivity (Wildman–Crippen MR) is 116 cm³/mol. The quantitative estimate of drug-likeness (QED) is 0.344. The number of aliphatic imine (C=N–C) groups is 1. The second-order valence-corrected chi connectivity index (χ2v) is 6.25. The van der Waals surface area contributed by atoms with Crippen molar-refractivity contribution in [3.05, 3.63) is 35.4 Å². The number of nitrogens with one attached hydrogen (secondary N) is 2. The van der Waals surface area contributed by atoms with Crippen LogP contribution >= 0.6 is 24.0 Å². The third kappa shape index (κ3) is 9.47. The standard InChI is InChI=1S/C19H34N4.HI/c1-6-20-19(21-13-16(4)5)22-14-17-9-11-18(12-10-17)15-23(7-2)8-3;/h9-12,16H,6-8,13-15H2,1-5H3,(H2,20,21,22);1H. The lowest BCUT2D eigenvalue weighted by Gasteiger charge is -2.18. The normalized spacial score (nSPS) is 11.5. The molecule has 1 aromatic rings. The maximum absolute atomic E-state index is 4.66. The third-order valence-electron chi connectivity index (χ3n) is 3.77. The molecule has 5 heteroatoms. The van der Waals surface area contributed by atoms with Gasteiger partial charge in [-0.15, -0.1) is 24.0 Å². The zero-order chi connectivity index (χ0) is 17.1. The first-order valence-electron chi connectivity index (χ1n) is 8.91. The first-order chi connectivity index (χ1) is 11.1. The van der Waals surface area contributed by atoms with Crippen LogP contribution in [-0.4, -0.2) is 37.0 Å². The lowest BCUT2D eigenvalue weighted by molar-refractivity contribution is 0.296. The molecular weight excluding hydrogens is 411 g/mol. The zero-order valence-corrected chi connectivity index (χ0v) is 18.3. The molecule has 0 radical (unpaired) electrons. The fourth-order valence-electron chi connectivity index (χ4n) is 2.27. The van der Waals surface area contributed by atoms with Crippen LogP contribution in [0.15, 0.2) is 29.3 Å². The Hall–Kier alpha value is -0.820. The maximum Gasteiger partial charge on any atom is 0.191 e. The van der Waals surface area contributed by atoms with Gasteiger partial charge in [0.25, 0.3) is 0 Å². The Bertz CT molecular complexity index is 453. The molecule has 0 saturated carbocycles. The van der Waals surface area contributed by atoms with E-state index in [9.17, 15) is 0 Å². The topological polar surface area (TPSA) is 39.7 Å². The molecule has 0 atom stereocenters. The number of halogens is 1. The second kappa shape index (κ2) is 13.5. The van der Waals surface area contributed by atoms with E-state index in [1.165, 1.54) is 11.1 Å². The molecule has 1 aromatic carbocycles. The Morgan fingerprint density at radius 1 is 1.00 bits per heavy atom. The average molecular weight is 446 g/mol. The van der Waals surface area contributed by atoms with Gasteiger partial charge in [-0.25, -0.2) is 4.99 Å². The van der Waals surface area contributed by atoms with Crippen molar-refractivity contribution in [1.29, 1.82) is 0 Å². The van der Waals surface area contributed by atoms with Crippen molar-refractivity contribution in [3.8, 4) is 0 Å². The monoisotopic (exact) mass is 446 g/mol. The van der Waals surface area contributed by atoms with Gasteiger partial charge in [0.15, 0.2) is 5.96 Å². The van der Waals surface area contributed by atoms with Gasteiger partial charge in [0.2, 0.25) is 0 Å². The van der Waals surface area contributed by atoms with Gasteiger partial charge in [0.1, 0.15) is 0 Å². The summed E-state index contributed by atoms with van der Waals surface area (Å²) < 4.78 is 0. The molecule has 1 rings (SSSR count). The number of rotatable bonds is 9. The largest absolute Gasteiger partial charge is 0.357 e. The van der Waals surface area contributed by atoms with Crippen molar-refractivity contribution in [2.75, 3.05) is 26.2 Å². The molecule has 0 amide bonds. The van der Waals surface area contributed by atoms with Gasteiger partial charge < -0.3 is 10.6 Å². The van der Waals surface area contributed by atoms with Gasteiger partial charge in [-0.3, -0.25) is 4.90 Å². The fraction of sp³-hybridized carbons (Fsp3) is 0.632. The first kappa shape index (κ1) is 23.2. The molecule has 0 fully saturated rings.